The summed E-state index contributed by atoms with van der Waals surface area (Å²) in [5.41, 5.74) is 7.99. The average molecular weight is 364 g/mol. The molecule has 0 saturated carbocycles. The Bertz CT molecular complexity index is 829. The van der Waals surface area contributed by atoms with Gasteiger partial charge in [-0.3, -0.25) is 0 Å². The van der Waals surface area contributed by atoms with Gasteiger partial charge in [-0.25, -0.2) is 0 Å². The molecule has 4 rings (SSSR count). The van der Waals surface area contributed by atoms with Gasteiger partial charge in [0.05, 0.1) is 0 Å². The molecule has 0 spiro atoms. The van der Waals surface area contributed by atoms with Gasteiger partial charge in [-0.1, -0.05) is 0 Å². The summed E-state index contributed by atoms with van der Waals surface area (Å²) >= 11 is 0.371. The van der Waals surface area contributed by atoms with Crippen molar-refractivity contribution in [1.82, 2.24) is 0 Å². The standard InChI is InChI=1S/C21H19NSe/c1-14-12-15(2)21(16(3)13-14)22-17-8-4-6-10-19(17)23-20-11-7-5-9-18(20)22/h4-13H,1-3H3. The average Bonchev–Trinajstić information content (AvgIpc) is 2.53. The van der Waals surface area contributed by atoms with Crippen molar-refractivity contribution in [3.8, 4) is 0 Å². The maximum atomic E-state index is 2.46. The molecular formula is C21H19NSe. The molecule has 1 nitrogen and oxygen atoms in total. The molecular weight excluding hydrogens is 345 g/mol. The van der Waals surface area contributed by atoms with Crippen molar-refractivity contribution in [2.75, 3.05) is 4.90 Å². The van der Waals surface area contributed by atoms with Gasteiger partial charge in [0.15, 0.2) is 0 Å². The molecule has 0 bridgehead atoms. The number of aryl methyl sites for hydroxylation is 3. The third-order valence-corrected chi connectivity index (χ3v) is 6.66. The molecule has 2 heteroatoms. The molecule has 0 aliphatic carbocycles. The van der Waals surface area contributed by atoms with Crippen molar-refractivity contribution >= 4 is 40.9 Å². The van der Waals surface area contributed by atoms with E-state index in [0.717, 1.165) is 0 Å². The molecule has 0 saturated heterocycles. The molecule has 0 N–H and O–H groups in total. The summed E-state index contributed by atoms with van der Waals surface area (Å²) in [7, 11) is 0. The Hall–Kier alpha value is -2.02. The van der Waals surface area contributed by atoms with E-state index in [-0.39, 0.29) is 0 Å². The summed E-state index contributed by atoms with van der Waals surface area (Å²) in [6, 6.07) is 22.2. The molecule has 0 unspecified atom stereocenters. The van der Waals surface area contributed by atoms with E-state index in [1.165, 1.54) is 42.7 Å². The monoisotopic (exact) mass is 365 g/mol. The van der Waals surface area contributed by atoms with Crippen LogP contribution in [0.25, 0.3) is 0 Å². The topological polar surface area (TPSA) is 3.24 Å². The molecule has 0 aromatic heterocycles. The van der Waals surface area contributed by atoms with Gasteiger partial charge in [0, 0.05) is 0 Å². The minimum absolute atomic E-state index is 0.371. The van der Waals surface area contributed by atoms with Crippen LogP contribution in [0.4, 0.5) is 17.1 Å². The van der Waals surface area contributed by atoms with Gasteiger partial charge in [-0.05, 0) is 0 Å². The first kappa shape index (κ1) is 14.6. The summed E-state index contributed by atoms with van der Waals surface area (Å²) in [5.74, 6) is 0. The summed E-state index contributed by atoms with van der Waals surface area (Å²) in [6.45, 7) is 6.62. The molecule has 0 radical (unpaired) electrons. The first-order chi connectivity index (χ1) is 11.1. The molecule has 114 valence electrons. The number of para-hydroxylation sites is 2. The van der Waals surface area contributed by atoms with Crippen LogP contribution in [-0.4, -0.2) is 15.0 Å². The van der Waals surface area contributed by atoms with Gasteiger partial charge < -0.3 is 0 Å². The second-order valence-electron chi connectivity index (χ2n) is 6.12. The van der Waals surface area contributed by atoms with Crippen LogP contribution < -0.4 is 13.8 Å². The van der Waals surface area contributed by atoms with Gasteiger partial charge in [0.25, 0.3) is 0 Å². The predicted molar refractivity (Wildman–Crippen MR) is 100 cm³/mol. The molecule has 23 heavy (non-hydrogen) atoms. The van der Waals surface area contributed by atoms with Gasteiger partial charge >= 0.3 is 144 Å². The second kappa shape index (κ2) is 5.56. The van der Waals surface area contributed by atoms with Gasteiger partial charge in [-0.2, -0.15) is 0 Å². The maximum absolute atomic E-state index is 2.46. The molecule has 1 aliphatic rings. The van der Waals surface area contributed by atoms with Crippen LogP contribution in [0, 0.1) is 20.8 Å². The van der Waals surface area contributed by atoms with Crippen molar-refractivity contribution in [2.45, 2.75) is 20.8 Å². The van der Waals surface area contributed by atoms with Gasteiger partial charge in [-0.15, -0.1) is 0 Å². The van der Waals surface area contributed by atoms with Crippen LogP contribution >= 0.6 is 0 Å². The number of hydrogen-bond acceptors (Lipinski definition) is 1. The van der Waals surface area contributed by atoms with E-state index in [1.54, 1.807) is 0 Å². The van der Waals surface area contributed by atoms with Crippen molar-refractivity contribution in [2.24, 2.45) is 0 Å². The predicted octanol–water partition coefficient (Wildman–Crippen LogP) is 4.05. The van der Waals surface area contributed by atoms with Crippen molar-refractivity contribution in [3.05, 3.63) is 77.4 Å². The SMILES string of the molecule is Cc1cc(C)c(N2c3ccccc3[Se]c3ccccc32)c(C)c1. The quantitative estimate of drug-likeness (QED) is 0.461. The van der Waals surface area contributed by atoms with E-state index in [2.05, 4.69) is 86.3 Å². The fraction of sp³-hybridized carbons (Fsp3) is 0.143. The Kier molecular flexibility index (Phi) is 3.52. The van der Waals surface area contributed by atoms with E-state index >= 15 is 0 Å². The third-order valence-electron chi connectivity index (χ3n) is 4.29. The van der Waals surface area contributed by atoms with Crippen LogP contribution in [0.15, 0.2) is 60.7 Å². The van der Waals surface area contributed by atoms with Crippen LogP contribution in [0.5, 0.6) is 0 Å². The zero-order chi connectivity index (χ0) is 16.0. The molecule has 1 heterocycles. The van der Waals surface area contributed by atoms with Crippen molar-refractivity contribution in [3.63, 3.8) is 0 Å². The van der Waals surface area contributed by atoms with E-state index in [0.29, 0.717) is 15.0 Å². The Morgan fingerprint density at radius 2 is 1.17 bits per heavy atom. The summed E-state index contributed by atoms with van der Waals surface area (Å²) < 4.78 is 2.91. The Morgan fingerprint density at radius 3 is 1.70 bits per heavy atom. The Morgan fingerprint density at radius 1 is 0.696 bits per heavy atom. The molecule has 3 aromatic rings. The van der Waals surface area contributed by atoms with E-state index in [9.17, 15) is 0 Å². The molecule has 0 fully saturated rings. The van der Waals surface area contributed by atoms with E-state index in [4.69, 9.17) is 0 Å². The number of nitrogens with zero attached hydrogens (tertiary/aromatic N) is 1. The van der Waals surface area contributed by atoms with E-state index in [1.807, 2.05) is 0 Å². The Labute approximate surface area is 144 Å². The zero-order valence-corrected chi connectivity index (χ0v) is 15.3. The first-order valence-electron chi connectivity index (χ1n) is 7.89. The fourth-order valence-corrected chi connectivity index (χ4v) is 5.69. The van der Waals surface area contributed by atoms with Gasteiger partial charge in [0.2, 0.25) is 0 Å². The third kappa shape index (κ3) is 2.39. The van der Waals surface area contributed by atoms with E-state index < -0.39 is 0 Å². The number of anilines is 3. The van der Waals surface area contributed by atoms with Crippen LogP contribution in [0.2, 0.25) is 0 Å². The minimum atomic E-state index is 0.371. The number of fused-ring (bicyclic) bond motifs is 2. The van der Waals surface area contributed by atoms with Crippen LogP contribution in [0.1, 0.15) is 16.7 Å². The van der Waals surface area contributed by atoms with Crippen LogP contribution in [0.3, 0.4) is 0 Å². The number of benzene rings is 3. The fourth-order valence-electron chi connectivity index (χ4n) is 3.47. The second-order valence-corrected chi connectivity index (χ2v) is 8.39. The molecule has 1 aliphatic heterocycles. The first-order valence-corrected chi connectivity index (χ1v) is 9.60. The molecule has 0 amide bonds. The van der Waals surface area contributed by atoms with Crippen LogP contribution in [-0.2, 0) is 0 Å². The summed E-state index contributed by atoms with van der Waals surface area (Å²) in [6.07, 6.45) is 0. The zero-order valence-electron chi connectivity index (χ0n) is 13.6. The molecule has 3 aromatic carbocycles. The summed E-state index contributed by atoms with van der Waals surface area (Å²) in [4.78, 5) is 2.46. The molecule has 0 atom stereocenters. The number of hydrogen-bond donors (Lipinski definition) is 0. The van der Waals surface area contributed by atoms with Crippen molar-refractivity contribution < 1.29 is 0 Å². The van der Waals surface area contributed by atoms with Gasteiger partial charge in [0.1, 0.15) is 0 Å². The Balaban J connectivity index is 2.02. The number of rotatable bonds is 1. The summed E-state index contributed by atoms with van der Waals surface area (Å²) in [5, 5.41) is 0. The normalized spacial score (nSPS) is 12.7. The van der Waals surface area contributed by atoms with Crippen molar-refractivity contribution in [1.29, 1.82) is 0 Å².